The number of thiocarbonyl (C=S) groups is 1. The van der Waals surface area contributed by atoms with Crippen LogP contribution in [0.3, 0.4) is 0 Å². The van der Waals surface area contributed by atoms with Crippen LogP contribution < -0.4 is 15.5 Å². The highest BCUT2D eigenvalue weighted by Crippen LogP contribution is 2.30. The molecule has 1 aliphatic heterocycles. The van der Waals surface area contributed by atoms with Crippen molar-refractivity contribution >= 4 is 52.1 Å². The van der Waals surface area contributed by atoms with Gasteiger partial charge >= 0.3 is 0 Å². The number of carbonyl (C=O) groups excluding carboxylic acids is 2. The molecule has 0 saturated carbocycles. The molecule has 170 valence electrons. The van der Waals surface area contributed by atoms with Gasteiger partial charge in [-0.25, -0.2) is 0 Å². The normalized spacial score (nSPS) is 13.8. The van der Waals surface area contributed by atoms with Crippen LogP contribution in [0.1, 0.15) is 36.7 Å². The first-order chi connectivity index (χ1) is 15.3. The lowest BCUT2D eigenvalue weighted by Gasteiger charge is -2.37. The van der Waals surface area contributed by atoms with E-state index in [4.69, 9.17) is 23.8 Å². The molecule has 0 unspecified atom stereocenters. The second kappa shape index (κ2) is 10.8. The van der Waals surface area contributed by atoms with E-state index in [-0.39, 0.29) is 22.8 Å². The van der Waals surface area contributed by atoms with Crippen LogP contribution in [0, 0.1) is 5.92 Å². The van der Waals surface area contributed by atoms with E-state index in [2.05, 4.69) is 22.5 Å². The van der Waals surface area contributed by atoms with E-state index in [9.17, 15) is 9.59 Å². The Morgan fingerprint density at radius 2 is 1.72 bits per heavy atom. The minimum atomic E-state index is -0.262. The first-order valence-corrected chi connectivity index (χ1v) is 11.6. The Morgan fingerprint density at radius 1 is 1.06 bits per heavy atom. The van der Waals surface area contributed by atoms with E-state index in [1.54, 1.807) is 18.2 Å². The molecule has 2 amide bonds. The zero-order chi connectivity index (χ0) is 23.3. The van der Waals surface area contributed by atoms with Gasteiger partial charge < -0.3 is 15.1 Å². The molecule has 2 aromatic rings. The van der Waals surface area contributed by atoms with Gasteiger partial charge in [0.1, 0.15) is 0 Å². The third-order valence-electron chi connectivity index (χ3n) is 5.48. The third-order valence-corrected chi connectivity index (χ3v) is 5.99. The molecule has 2 N–H and O–H groups in total. The van der Waals surface area contributed by atoms with Crippen molar-refractivity contribution in [3.8, 4) is 0 Å². The molecule has 0 aliphatic carbocycles. The second-order valence-electron chi connectivity index (χ2n) is 8.09. The first kappa shape index (κ1) is 24.0. The van der Waals surface area contributed by atoms with E-state index in [1.807, 2.05) is 43.0 Å². The molecule has 0 bridgehead atoms. The molecule has 3 rings (SSSR count). The average Bonchev–Trinajstić information content (AvgIpc) is 2.78. The standard InChI is InChI=1S/C24H29ClN4O2S/c1-4-17-5-7-18(8-6-17)22(30)27-24(32)26-19-9-10-21(20(25)15-19)28-11-13-29(14-12-28)23(31)16(2)3/h5-10,15-16H,4,11-14H2,1-3H3,(H2,26,27,30,32). The summed E-state index contributed by atoms with van der Waals surface area (Å²) >= 11 is 11.8. The van der Waals surface area contributed by atoms with E-state index < -0.39 is 0 Å². The van der Waals surface area contributed by atoms with Crippen molar-refractivity contribution in [1.29, 1.82) is 0 Å². The van der Waals surface area contributed by atoms with Gasteiger partial charge in [-0.1, -0.05) is 44.5 Å². The number of hydrogen-bond acceptors (Lipinski definition) is 4. The Labute approximate surface area is 199 Å². The number of halogens is 1. The van der Waals surface area contributed by atoms with Crippen molar-refractivity contribution in [3.63, 3.8) is 0 Å². The lowest BCUT2D eigenvalue weighted by atomic mass is 10.1. The van der Waals surface area contributed by atoms with Gasteiger partial charge in [0.15, 0.2) is 5.11 Å². The number of nitrogens with one attached hydrogen (secondary N) is 2. The van der Waals surface area contributed by atoms with Gasteiger partial charge in [-0.2, -0.15) is 0 Å². The molecular weight excluding hydrogens is 444 g/mol. The highest BCUT2D eigenvalue weighted by atomic mass is 35.5. The summed E-state index contributed by atoms with van der Waals surface area (Å²) in [5.41, 5.74) is 3.33. The fourth-order valence-corrected chi connectivity index (χ4v) is 4.11. The highest BCUT2D eigenvalue weighted by molar-refractivity contribution is 7.80. The van der Waals surface area contributed by atoms with Crippen LogP contribution in [0.25, 0.3) is 0 Å². The minimum absolute atomic E-state index is 0.00975. The zero-order valence-electron chi connectivity index (χ0n) is 18.7. The number of rotatable bonds is 5. The molecule has 0 radical (unpaired) electrons. The molecular formula is C24H29ClN4O2S. The summed E-state index contributed by atoms with van der Waals surface area (Å²) in [4.78, 5) is 28.7. The molecule has 1 heterocycles. The maximum absolute atomic E-state index is 12.4. The minimum Gasteiger partial charge on any atom is -0.367 e. The number of benzene rings is 2. The van der Waals surface area contributed by atoms with Gasteiger partial charge in [-0.3, -0.25) is 14.9 Å². The van der Waals surface area contributed by atoms with Crippen LogP contribution in [-0.4, -0.2) is 48.0 Å². The third kappa shape index (κ3) is 5.99. The summed E-state index contributed by atoms with van der Waals surface area (Å²) in [5.74, 6) is -0.0654. The molecule has 6 nitrogen and oxygen atoms in total. The molecule has 0 aromatic heterocycles. The van der Waals surface area contributed by atoms with Crippen LogP contribution in [0.5, 0.6) is 0 Å². The van der Waals surface area contributed by atoms with Crippen LogP contribution in [0.2, 0.25) is 5.02 Å². The first-order valence-electron chi connectivity index (χ1n) is 10.8. The van der Waals surface area contributed by atoms with Crippen molar-refractivity contribution in [3.05, 3.63) is 58.6 Å². The number of anilines is 2. The van der Waals surface area contributed by atoms with Crippen molar-refractivity contribution in [2.45, 2.75) is 27.2 Å². The van der Waals surface area contributed by atoms with Crippen LogP contribution in [0.4, 0.5) is 11.4 Å². The van der Waals surface area contributed by atoms with Gasteiger partial charge in [0, 0.05) is 43.3 Å². The van der Waals surface area contributed by atoms with Gasteiger partial charge in [0.2, 0.25) is 5.91 Å². The smallest absolute Gasteiger partial charge is 0.257 e. The van der Waals surface area contributed by atoms with Crippen molar-refractivity contribution in [1.82, 2.24) is 10.2 Å². The summed E-state index contributed by atoms with van der Waals surface area (Å²) < 4.78 is 0. The topological polar surface area (TPSA) is 64.7 Å². The molecule has 1 fully saturated rings. The molecule has 8 heteroatoms. The van der Waals surface area contributed by atoms with Gasteiger partial charge in [0.25, 0.3) is 5.91 Å². The van der Waals surface area contributed by atoms with Crippen molar-refractivity contribution < 1.29 is 9.59 Å². The maximum atomic E-state index is 12.4. The summed E-state index contributed by atoms with van der Waals surface area (Å²) in [6.45, 7) is 8.74. The largest absolute Gasteiger partial charge is 0.367 e. The fraction of sp³-hybridized carbons (Fsp3) is 0.375. The second-order valence-corrected chi connectivity index (χ2v) is 8.91. The van der Waals surface area contributed by atoms with Crippen LogP contribution in [-0.2, 0) is 11.2 Å². The fourth-order valence-electron chi connectivity index (χ4n) is 3.60. The zero-order valence-corrected chi connectivity index (χ0v) is 20.2. The lowest BCUT2D eigenvalue weighted by Crippen LogP contribution is -2.50. The Kier molecular flexibility index (Phi) is 8.10. The Bertz CT molecular complexity index is 986. The molecule has 2 aromatic carbocycles. The average molecular weight is 473 g/mol. The number of carbonyl (C=O) groups is 2. The quantitative estimate of drug-likeness (QED) is 0.634. The Morgan fingerprint density at radius 3 is 2.28 bits per heavy atom. The summed E-state index contributed by atoms with van der Waals surface area (Å²) in [6.07, 6.45) is 0.921. The molecule has 1 saturated heterocycles. The summed E-state index contributed by atoms with van der Waals surface area (Å²) in [7, 11) is 0. The van der Waals surface area contributed by atoms with E-state index in [0.29, 0.717) is 29.4 Å². The Hall–Kier alpha value is -2.64. The van der Waals surface area contributed by atoms with Gasteiger partial charge in [-0.15, -0.1) is 0 Å². The predicted molar refractivity (Wildman–Crippen MR) is 135 cm³/mol. The van der Waals surface area contributed by atoms with E-state index >= 15 is 0 Å². The number of nitrogens with zero attached hydrogens (tertiary/aromatic N) is 2. The summed E-state index contributed by atoms with van der Waals surface area (Å²) in [6, 6.07) is 13.0. The number of piperazine rings is 1. The maximum Gasteiger partial charge on any atom is 0.257 e. The highest BCUT2D eigenvalue weighted by Gasteiger charge is 2.24. The molecule has 0 spiro atoms. The van der Waals surface area contributed by atoms with Gasteiger partial charge in [-0.05, 0) is 54.5 Å². The molecule has 1 aliphatic rings. The predicted octanol–water partition coefficient (Wildman–Crippen LogP) is 4.33. The SMILES string of the molecule is CCc1ccc(C(=O)NC(=S)Nc2ccc(N3CCN(C(=O)C(C)C)CC3)c(Cl)c2)cc1. The lowest BCUT2D eigenvalue weighted by molar-refractivity contribution is -0.134. The van der Waals surface area contributed by atoms with Crippen molar-refractivity contribution in [2.24, 2.45) is 5.92 Å². The monoisotopic (exact) mass is 472 g/mol. The van der Waals surface area contributed by atoms with Crippen LogP contribution >= 0.6 is 23.8 Å². The van der Waals surface area contributed by atoms with E-state index in [1.165, 1.54) is 5.56 Å². The van der Waals surface area contributed by atoms with Crippen molar-refractivity contribution in [2.75, 3.05) is 36.4 Å². The molecule has 32 heavy (non-hydrogen) atoms. The summed E-state index contributed by atoms with van der Waals surface area (Å²) in [5, 5.41) is 6.50. The number of aryl methyl sites for hydroxylation is 1. The van der Waals surface area contributed by atoms with Crippen LogP contribution in [0.15, 0.2) is 42.5 Å². The number of amides is 2. The Balaban J connectivity index is 1.56. The molecule has 0 atom stereocenters. The van der Waals surface area contributed by atoms with Gasteiger partial charge in [0.05, 0.1) is 10.7 Å². The van der Waals surface area contributed by atoms with E-state index in [0.717, 1.165) is 25.2 Å². The number of hydrogen-bond donors (Lipinski definition) is 2.